The van der Waals surface area contributed by atoms with Crippen molar-refractivity contribution in [3.05, 3.63) is 0 Å². The van der Waals surface area contributed by atoms with Gasteiger partial charge in [0.25, 0.3) is 0 Å². The second kappa shape index (κ2) is 6.53. The zero-order chi connectivity index (χ0) is 14.7. The quantitative estimate of drug-likeness (QED) is 0.738. The van der Waals surface area contributed by atoms with E-state index >= 15 is 0 Å². The molecule has 5 heteroatoms. The largest absolute Gasteiger partial charge is 0.379 e. The monoisotopic (exact) mass is 295 g/mol. The van der Waals surface area contributed by atoms with Crippen LogP contribution in [0.2, 0.25) is 0 Å². The fourth-order valence-corrected chi connectivity index (χ4v) is 4.08. The maximum absolute atomic E-state index is 12.7. The van der Waals surface area contributed by atoms with E-state index in [9.17, 15) is 4.79 Å². The topological polar surface area (TPSA) is 36.0 Å². The Bertz CT molecular complexity index is 371. The lowest BCUT2D eigenvalue weighted by Crippen LogP contribution is -2.54. The molecule has 0 unspecified atom stereocenters. The molecular weight excluding hydrogens is 266 g/mol. The van der Waals surface area contributed by atoms with Gasteiger partial charge in [-0.2, -0.15) is 0 Å². The van der Waals surface area contributed by atoms with Crippen LogP contribution in [0, 0.1) is 5.41 Å². The second-order valence-electron chi connectivity index (χ2n) is 6.92. The molecule has 120 valence electrons. The number of ether oxygens (including phenoxy) is 1. The molecule has 2 amide bonds. The Labute approximate surface area is 128 Å². The van der Waals surface area contributed by atoms with E-state index in [0.717, 1.165) is 78.3 Å². The number of urea groups is 1. The van der Waals surface area contributed by atoms with Crippen molar-refractivity contribution in [1.82, 2.24) is 14.7 Å². The number of piperidine rings is 1. The molecule has 0 aromatic carbocycles. The van der Waals surface area contributed by atoms with Crippen LogP contribution in [-0.2, 0) is 4.74 Å². The predicted octanol–water partition coefficient (Wildman–Crippen LogP) is 1.64. The van der Waals surface area contributed by atoms with E-state index < -0.39 is 0 Å². The van der Waals surface area contributed by atoms with Crippen molar-refractivity contribution in [3.8, 4) is 0 Å². The van der Waals surface area contributed by atoms with Gasteiger partial charge in [0.15, 0.2) is 0 Å². The first-order chi connectivity index (χ1) is 10.2. The standard InChI is InChI=1S/C16H29N3O2/c1-2-17-10-11-21-14-16(12-17)6-5-9-19(13-16)15(20)18-7-3-4-8-18/h2-14H2,1H3/t16-/m0/s1. The molecule has 0 aliphatic carbocycles. The summed E-state index contributed by atoms with van der Waals surface area (Å²) >= 11 is 0. The van der Waals surface area contributed by atoms with Gasteiger partial charge in [-0.05, 0) is 32.2 Å². The van der Waals surface area contributed by atoms with Crippen molar-refractivity contribution < 1.29 is 9.53 Å². The van der Waals surface area contributed by atoms with Crippen LogP contribution >= 0.6 is 0 Å². The van der Waals surface area contributed by atoms with Crippen LogP contribution in [-0.4, -0.2) is 79.8 Å². The summed E-state index contributed by atoms with van der Waals surface area (Å²) in [4.78, 5) is 19.3. The Balaban J connectivity index is 1.67. The van der Waals surface area contributed by atoms with Crippen LogP contribution in [0.1, 0.15) is 32.6 Å². The minimum absolute atomic E-state index is 0.153. The number of carbonyl (C=O) groups excluding carboxylic acids is 1. The van der Waals surface area contributed by atoms with Crippen molar-refractivity contribution in [2.24, 2.45) is 5.41 Å². The van der Waals surface area contributed by atoms with Gasteiger partial charge in [0.2, 0.25) is 0 Å². The highest BCUT2D eigenvalue weighted by atomic mass is 16.5. The van der Waals surface area contributed by atoms with E-state index in [4.69, 9.17) is 4.74 Å². The summed E-state index contributed by atoms with van der Waals surface area (Å²) in [5.41, 5.74) is 0.153. The smallest absolute Gasteiger partial charge is 0.320 e. The summed E-state index contributed by atoms with van der Waals surface area (Å²) in [7, 11) is 0. The summed E-state index contributed by atoms with van der Waals surface area (Å²) in [6.07, 6.45) is 4.63. The van der Waals surface area contributed by atoms with Crippen molar-refractivity contribution >= 4 is 6.03 Å². The molecular formula is C16H29N3O2. The fraction of sp³-hybridized carbons (Fsp3) is 0.938. The minimum atomic E-state index is 0.153. The highest BCUT2D eigenvalue weighted by Crippen LogP contribution is 2.33. The van der Waals surface area contributed by atoms with Crippen LogP contribution in [0.25, 0.3) is 0 Å². The van der Waals surface area contributed by atoms with Gasteiger partial charge >= 0.3 is 6.03 Å². The second-order valence-corrected chi connectivity index (χ2v) is 6.92. The van der Waals surface area contributed by atoms with Gasteiger partial charge in [0.1, 0.15) is 0 Å². The molecule has 0 aromatic heterocycles. The van der Waals surface area contributed by atoms with E-state index in [1.807, 2.05) is 4.90 Å². The summed E-state index contributed by atoms with van der Waals surface area (Å²) in [6, 6.07) is 0.263. The summed E-state index contributed by atoms with van der Waals surface area (Å²) < 4.78 is 5.88. The maximum Gasteiger partial charge on any atom is 0.320 e. The lowest BCUT2D eigenvalue weighted by molar-refractivity contribution is 0.0134. The molecule has 3 aliphatic rings. The predicted molar refractivity (Wildman–Crippen MR) is 82.4 cm³/mol. The molecule has 3 rings (SSSR count). The molecule has 0 bridgehead atoms. The number of amides is 2. The Morgan fingerprint density at radius 1 is 1.05 bits per heavy atom. The van der Waals surface area contributed by atoms with Crippen molar-refractivity contribution in [1.29, 1.82) is 0 Å². The average molecular weight is 295 g/mol. The number of likely N-dealkylation sites (N-methyl/N-ethyl adjacent to an activating group) is 1. The molecule has 21 heavy (non-hydrogen) atoms. The van der Waals surface area contributed by atoms with Gasteiger partial charge in [0, 0.05) is 44.7 Å². The Kier molecular flexibility index (Phi) is 4.69. The Morgan fingerprint density at radius 2 is 1.81 bits per heavy atom. The van der Waals surface area contributed by atoms with Gasteiger partial charge in [-0.15, -0.1) is 0 Å². The van der Waals surface area contributed by atoms with Crippen LogP contribution in [0.15, 0.2) is 0 Å². The third-order valence-corrected chi connectivity index (χ3v) is 5.27. The van der Waals surface area contributed by atoms with Crippen molar-refractivity contribution in [3.63, 3.8) is 0 Å². The fourth-order valence-electron chi connectivity index (χ4n) is 4.08. The molecule has 5 nitrogen and oxygen atoms in total. The molecule has 0 radical (unpaired) electrons. The van der Waals surface area contributed by atoms with E-state index in [1.54, 1.807) is 0 Å². The first-order valence-corrected chi connectivity index (χ1v) is 8.56. The van der Waals surface area contributed by atoms with Gasteiger partial charge in [-0.3, -0.25) is 0 Å². The number of hydrogen-bond acceptors (Lipinski definition) is 3. The highest BCUT2D eigenvalue weighted by molar-refractivity contribution is 5.74. The molecule has 3 fully saturated rings. The van der Waals surface area contributed by atoms with Crippen molar-refractivity contribution in [2.45, 2.75) is 32.6 Å². The summed E-state index contributed by atoms with van der Waals surface area (Å²) in [5.74, 6) is 0. The lowest BCUT2D eigenvalue weighted by Gasteiger charge is -2.44. The van der Waals surface area contributed by atoms with E-state index in [0.29, 0.717) is 0 Å². The molecule has 3 aliphatic heterocycles. The third kappa shape index (κ3) is 3.34. The molecule has 3 saturated heterocycles. The van der Waals surface area contributed by atoms with Crippen LogP contribution < -0.4 is 0 Å². The van der Waals surface area contributed by atoms with E-state index in [1.165, 1.54) is 6.42 Å². The lowest BCUT2D eigenvalue weighted by atomic mass is 9.80. The van der Waals surface area contributed by atoms with Gasteiger partial charge in [0.05, 0.1) is 13.2 Å². The molecule has 0 saturated carbocycles. The summed E-state index contributed by atoms with van der Waals surface area (Å²) in [6.45, 7) is 10.7. The number of rotatable bonds is 1. The van der Waals surface area contributed by atoms with Crippen LogP contribution in [0.3, 0.4) is 0 Å². The van der Waals surface area contributed by atoms with E-state index in [2.05, 4.69) is 16.7 Å². The first kappa shape index (κ1) is 15.1. The third-order valence-electron chi connectivity index (χ3n) is 5.27. The number of hydrogen-bond donors (Lipinski definition) is 0. The zero-order valence-electron chi connectivity index (χ0n) is 13.4. The SMILES string of the molecule is CCN1CCOC[C@@]2(CCCN(C(=O)N3CCCC3)C2)C1. The average Bonchev–Trinajstić information content (AvgIpc) is 2.97. The molecule has 1 atom stereocenters. The Hall–Kier alpha value is -0.810. The number of likely N-dealkylation sites (tertiary alicyclic amines) is 2. The number of nitrogens with zero attached hydrogens (tertiary/aromatic N) is 3. The van der Waals surface area contributed by atoms with E-state index in [-0.39, 0.29) is 11.4 Å². The zero-order valence-corrected chi connectivity index (χ0v) is 13.4. The van der Waals surface area contributed by atoms with Gasteiger partial charge in [-0.1, -0.05) is 6.92 Å². The van der Waals surface area contributed by atoms with Gasteiger partial charge in [-0.25, -0.2) is 4.79 Å². The minimum Gasteiger partial charge on any atom is -0.379 e. The highest BCUT2D eigenvalue weighted by Gasteiger charge is 2.40. The molecule has 0 aromatic rings. The normalized spacial score (nSPS) is 31.7. The van der Waals surface area contributed by atoms with Crippen LogP contribution in [0.5, 0.6) is 0 Å². The molecule has 3 heterocycles. The Morgan fingerprint density at radius 3 is 2.57 bits per heavy atom. The summed E-state index contributed by atoms with van der Waals surface area (Å²) in [5, 5.41) is 0. The molecule has 1 spiro atoms. The molecule has 0 N–H and O–H groups in total. The van der Waals surface area contributed by atoms with Crippen molar-refractivity contribution in [2.75, 3.05) is 59.0 Å². The van der Waals surface area contributed by atoms with Gasteiger partial charge < -0.3 is 19.4 Å². The van der Waals surface area contributed by atoms with Crippen LogP contribution in [0.4, 0.5) is 4.79 Å². The number of carbonyl (C=O) groups is 1. The maximum atomic E-state index is 12.7. The first-order valence-electron chi connectivity index (χ1n) is 8.56.